The third-order valence-corrected chi connectivity index (χ3v) is 6.23. The lowest BCUT2D eigenvalue weighted by molar-refractivity contribution is -0.145. The summed E-state index contributed by atoms with van der Waals surface area (Å²) in [5, 5.41) is 24.2. The zero-order valence-corrected chi connectivity index (χ0v) is 19.9. The van der Waals surface area contributed by atoms with Crippen LogP contribution in [0.2, 0.25) is 0 Å². The quantitative estimate of drug-likeness (QED) is 0.247. The maximum absolute atomic E-state index is 13.6. The van der Waals surface area contributed by atoms with Gasteiger partial charge in [-0.25, -0.2) is 4.79 Å². The van der Waals surface area contributed by atoms with Gasteiger partial charge in [0.2, 0.25) is 17.7 Å². The highest BCUT2D eigenvalue weighted by Crippen LogP contribution is 2.23. The van der Waals surface area contributed by atoms with Gasteiger partial charge in [-0.15, -0.1) is 0 Å². The van der Waals surface area contributed by atoms with Crippen molar-refractivity contribution >= 4 is 40.6 Å². The predicted octanol–water partition coefficient (Wildman–Crippen LogP) is -0.0324. The second-order valence-electron chi connectivity index (χ2n) is 8.93. The number of nitrogens with one attached hydrogen (secondary N) is 3. The molecule has 3 amide bonds. The third kappa shape index (κ3) is 6.39. The number of amides is 3. The number of nitrogens with two attached hydrogens (primary N) is 1. The van der Waals surface area contributed by atoms with E-state index >= 15 is 0 Å². The summed E-state index contributed by atoms with van der Waals surface area (Å²) >= 11 is 0. The summed E-state index contributed by atoms with van der Waals surface area (Å²) in [6.45, 7) is 1.75. The molecule has 1 aromatic heterocycles. The number of aromatic amines is 1. The van der Waals surface area contributed by atoms with Gasteiger partial charge < -0.3 is 36.5 Å². The average molecular weight is 502 g/mol. The molecule has 0 saturated carbocycles. The second-order valence-corrected chi connectivity index (χ2v) is 8.93. The average Bonchev–Trinajstić information content (AvgIpc) is 3.48. The molecular formula is C24H31N5O7. The Labute approximate surface area is 207 Å². The number of carboxylic acids is 2. The van der Waals surface area contributed by atoms with Crippen molar-refractivity contribution in [3.63, 3.8) is 0 Å². The largest absolute Gasteiger partial charge is 0.481 e. The Kier molecular flexibility index (Phi) is 8.64. The number of fused-ring (bicyclic) bond motifs is 1. The fourth-order valence-corrected chi connectivity index (χ4v) is 4.32. The minimum absolute atomic E-state index is 0.155. The highest BCUT2D eigenvalue weighted by molar-refractivity contribution is 5.95. The van der Waals surface area contributed by atoms with E-state index < -0.39 is 60.2 Å². The second kappa shape index (κ2) is 11.7. The number of nitrogens with zero attached hydrogens (tertiary/aromatic N) is 1. The topological polar surface area (TPSA) is 195 Å². The number of carbonyl (C=O) groups is 5. The van der Waals surface area contributed by atoms with Crippen molar-refractivity contribution in [2.45, 2.75) is 63.2 Å². The van der Waals surface area contributed by atoms with E-state index in [4.69, 9.17) is 10.8 Å². The first-order valence-electron chi connectivity index (χ1n) is 11.7. The lowest BCUT2D eigenvalue weighted by Gasteiger charge is -2.29. The van der Waals surface area contributed by atoms with Gasteiger partial charge in [0, 0.05) is 36.5 Å². The van der Waals surface area contributed by atoms with Gasteiger partial charge in [0.25, 0.3) is 0 Å². The summed E-state index contributed by atoms with van der Waals surface area (Å²) in [4.78, 5) is 65.8. The number of benzene rings is 1. The van der Waals surface area contributed by atoms with Crippen LogP contribution in [0.5, 0.6) is 0 Å². The van der Waals surface area contributed by atoms with Crippen LogP contribution in [-0.4, -0.2) is 80.5 Å². The molecule has 1 aliphatic rings. The molecule has 0 aliphatic carbocycles. The first kappa shape index (κ1) is 26.7. The number of H-pyrrole nitrogens is 1. The summed E-state index contributed by atoms with van der Waals surface area (Å²) in [6.07, 6.45) is 2.02. The summed E-state index contributed by atoms with van der Waals surface area (Å²) in [5.41, 5.74) is 7.38. The van der Waals surface area contributed by atoms with Crippen LogP contribution in [0, 0.1) is 0 Å². The van der Waals surface area contributed by atoms with Gasteiger partial charge in [-0.3, -0.25) is 19.2 Å². The summed E-state index contributed by atoms with van der Waals surface area (Å²) in [5.74, 6) is -4.22. The number of aromatic nitrogens is 1. The van der Waals surface area contributed by atoms with Crippen molar-refractivity contribution in [1.82, 2.24) is 20.5 Å². The normalized spacial score (nSPS) is 17.8. The Balaban J connectivity index is 1.80. The molecule has 1 aromatic carbocycles. The highest BCUT2D eigenvalue weighted by Gasteiger charge is 2.39. The van der Waals surface area contributed by atoms with Crippen LogP contribution in [0.1, 0.15) is 38.2 Å². The maximum Gasteiger partial charge on any atom is 0.326 e. The predicted molar refractivity (Wildman–Crippen MR) is 129 cm³/mol. The lowest BCUT2D eigenvalue weighted by Crippen LogP contribution is -2.57. The van der Waals surface area contributed by atoms with Crippen molar-refractivity contribution in [3.05, 3.63) is 36.0 Å². The smallest absolute Gasteiger partial charge is 0.326 e. The molecule has 0 spiro atoms. The van der Waals surface area contributed by atoms with Gasteiger partial charge in [0.05, 0.1) is 6.04 Å². The first-order chi connectivity index (χ1) is 17.1. The van der Waals surface area contributed by atoms with E-state index in [-0.39, 0.29) is 19.4 Å². The van der Waals surface area contributed by atoms with Gasteiger partial charge in [0.1, 0.15) is 18.1 Å². The molecule has 0 bridgehead atoms. The van der Waals surface area contributed by atoms with Crippen LogP contribution < -0.4 is 16.4 Å². The monoisotopic (exact) mass is 501 g/mol. The highest BCUT2D eigenvalue weighted by atomic mass is 16.4. The molecule has 4 atom stereocenters. The molecule has 3 rings (SSSR count). The van der Waals surface area contributed by atoms with Gasteiger partial charge in [-0.2, -0.15) is 0 Å². The van der Waals surface area contributed by atoms with E-state index in [1.54, 1.807) is 6.20 Å². The van der Waals surface area contributed by atoms with Crippen molar-refractivity contribution in [1.29, 1.82) is 0 Å². The van der Waals surface area contributed by atoms with Crippen LogP contribution >= 0.6 is 0 Å². The Hall–Kier alpha value is -3.93. The Bertz CT molecular complexity index is 1140. The number of carboxylic acid groups (broad SMARTS) is 2. The molecule has 36 heavy (non-hydrogen) atoms. The van der Waals surface area contributed by atoms with Crippen LogP contribution in [0.4, 0.5) is 0 Å². The molecule has 1 fully saturated rings. The molecule has 2 aromatic rings. The van der Waals surface area contributed by atoms with Crippen molar-refractivity contribution < 1.29 is 34.2 Å². The van der Waals surface area contributed by atoms with Crippen molar-refractivity contribution in [2.24, 2.45) is 5.73 Å². The molecule has 7 N–H and O–H groups in total. The van der Waals surface area contributed by atoms with E-state index in [1.165, 1.54) is 11.8 Å². The first-order valence-corrected chi connectivity index (χ1v) is 11.7. The van der Waals surface area contributed by atoms with E-state index in [9.17, 15) is 29.1 Å². The number of hydrogen-bond acceptors (Lipinski definition) is 6. The molecule has 1 saturated heterocycles. The number of likely N-dealkylation sites (tertiary alicyclic amines) is 1. The standard InChI is InChI=1S/C24H31N5O7/c1-13(25)21(32)28-18(11-14-12-26-16-6-3-2-5-15(14)16)23(34)29-10-4-7-19(29)22(33)27-17(24(35)36)8-9-20(30)31/h2-3,5-6,12-13,17-19,26H,4,7-11,25H2,1H3,(H,27,33)(H,28,32)(H,30,31)(H,35,36). The Morgan fingerprint density at radius 2 is 1.86 bits per heavy atom. The van der Waals surface area contributed by atoms with E-state index in [0.717, 1.165) is 16.5 Å². The number of carbonyl (C=O) groups excluding carboxylic acids is 3. The number of hydrogen-bond donors (Lipinski definition) is 6. The van der Waals surface area contributed by atoms with E-state index in [2.05, 4.69) is 15.6 Å². The summed E-state index contributed by atoms with van der Waals surface area (Å²) in [7, 11) is 0. The Morgan fingerprint density at radius 1 is 1.14 bits per heavy atom. The zero-order chi connectivity index (χ0) is 26.4. The number of aliphatic carboxylic acids is 2. The van der Waals surface area contributed by atoms with Crippen molar-refractivity contribution in [3.8, 4) is 0 Å². The third-order valence-electron chi connectivity index (χ3n) is 6.23. The molecule has 12 heteroatoms. The lowest BCUT2D eigenvalue weighted by atomic mass is 10.0. The molecule has 0 radical (unpaired) electrons. The van der Waals surface area contributed by atoms with Gasteiger partial charge >= 0.3 is 11.9 Å². The fraction of sp³-hybridized carbons (Fsp3) is 0.458. The van der Waals surface area contributed by atoms with Crippen molar-refractivity contribution in [2.75, 3.05) is 6.54 Å². The molecule has 1 aliphatic heterocycles. The molecule has 12 nitrogen and oxygen atoms in total. The molecular weight excluding hydrogens is 470 g/mol. The Morgan fingerprint density at radius 3 is 2.53 bits per heavy atom. The van der Waals surface area contributed by atoms with Gasteiger partial charge in [0.15, 0.2) is 0 Å². The molecule has 2 heterocycles. The number of para-hydroxylation sites is 1. The number of rotatable bonds is 11. The maximum atomic E-state index is 13.6. The fourth-order valence-electron chi connectivity index (χ4n) is 4.32. The van der Waals surface area contributed by atoms with Crippen LogP contribution in [-0.2, 0) is 30.4 Å². The summed E-state index contributed by atoms with van der Waals surface area (Å²) < 4.78 is 0. The van der Waals surface area contributed by atoms with Gasteiger partial charge in [-0.1, -0.05) is 18.2 Å². The molecule has 194 valence electrons. The van der Waals surface area contributed by atoms with E-state index in [0.29, 0.717) is 12.8 Å². The van der Waals surface area contributed by atoms with E-state index in [1.807, 2.05) is 24.3 Å². The minimum Gasteiger partial charge on any atom is -0.481 e. The van der Waals surface area contributed by atoms with Gasteiger partial charge in [-0.05, 0) is 37.8 Å². The van der Waals surface area contributed by atoms with Crippen LogP contribution in [0.3, 0.4) is 0 Å². The summed E-state index contributed by atoms with van der Waals surface area (Å²) in [6, 6.07) is 3.32. The zero-order valence-electron chi connectivity index (χ0n) is 19.9. The minimum atomic E-state index is -1.40. The molecule has 4 unspecified atom stereocenters. The SMILES string of the molecule is CC(N)C(=O)NC(Cc1c[nH]c2ccccc12)C(=O)N1CCCC1C(=O)NC(CCC(=O)O)C(=O)O. The van der Waals surface area contributed by atoms with Crippen LogP contribution in [0.15, 0.2) is 30.5 Å². The van der Waals surface area contributed by atoms with Crippen LogP contribution in [0.25, 0.3) is 10.9 Å².